The monoisotopic (exact) mass is 380 g/mol. The fourth-order valence-electron chi connectivity index (χ4n) is 5.20. The molecule has 2 N–H and O–H groups in total. The topological polar surface area (TPSA) is 42.5 Å². The van der Waals surface area contributed by atoms with Crippen LogP contribution in [0, 0.1) is 11.8 Å². The summed E-state index contributed by atoms with van der Waals surface area (Å²) in [6.45, 7) is 1.88. The van der Waals surface area contributed by atoms with E-state index in [1.165, 1.54) is 31.2 Å². The van der Waals surface area contributed by atoms with E-state index in [1.54, 1.807) is 14.2 Å². The molecular weight excluding hydrogens is 348 g/mol. The van der Waals surface area contributed by atoms with Gasteiger partial charge in [0.2, 0.25) is 0 Å². The standard InChI is InChI=1S/C24H32N2O2/c1-27-20-11-12-22(28-2)19(15-20)16-26-24-21-10-6-9-17(21)13-14-25-23(24)18-7-4-3-5-8-18/h3-5,7-8,11-12,15,17,21,23-26H,6,9-10,13-14,16H2,1-2H3. The van der Waals surface area contributed by atoms with Gasteiger partial charge in [0, 0.05) is 24.2 Å². The SMILES string of the molecule is COc1ccc(OC)c(CNC2C(c3ccccc3)NCCC3CCCC32)c1. The van der Waals surface area contributed by atoms with Crippen LogP contribution in [0.15, 0.2) is 48.5 Å². The van der Waals surface area contributed by atoms with Crippen molar-refractivity contribution in [2.24, 2.45) is 11.8 Å². The second-order valence-electron chi connectivity index (χ2n) is 8.07. The predicted octanol–water partition coefficient (Wildman–Crippen LogP) is 4.31. The molecule has 2 aromatic rings. The van der Waals surface area contributed by atoms with Gasteiger partial charge in [-0.1, -0.05) is 43.2 Å². The zero-order chi connectivity index (χ0) is 19.3. The van der Waals surface area contributed by atoms with Crippen LogP contribution in [-0.2, 0) is 6.54 Å². The van der Waals surface area contributed by atoms with E-state index in [0.29, 0.717) is 12.1 Å². The minimum atomic E-state index is 0.339. The summed E-state index contributed by atoms with van der Waals surface area (Å²) in [4.78, 5) is 0. The number of hydrogen-bond acceptors (Lipinski definition) is 4. The fourth-order valence-corrected chi connectivity index (χ4v) is 5.20. The molecule has 0 amide bonds. The van der Waals surface area contributed by atoms with Gasteiger partial charge in [0.15, 0.2) is 0 Å². The van der Waals surface area contributed by atoms with Crippen LogP contribution < -0.4 is 20.1 Å². The number of nitrogens with one attached hydrogen (secondary N) is 2. The maximum Gasteiger partial charge on any atom is 0.123 e. The van der Waals surface area contributed by atoms with Crippen LogP contribution >= 0.6 is 0 Å². The Morgan fingerprint density at radius 1 is 1.00 bits per heavy atom. The van der Waals surface area contributed by atoms with E-state index in [0.717, 1.165) is 42.0 Å². The molecule has 4 unspecified atom stereocenters. The van der Waals surface area contributed by atoms with Gasteiger partial charge >= 0.3 is 0 Å². The largest absolute Gasteiger partial charge is 0.497 e. The Labute approximate surface area is 168 Å². The van der Waals surface area contributed by atoms with E-state index < -0.39 is 0 Å². The molecule has 2 aliphatic rings. The third-order valence-electron chi connectivity index (χ3n) is 6.59. The second kappa shape index (κ2) is 8.97. The van der Waals surface area contributed by atoms with Crippen molar-refractivity contribution in [2.75, 3.05) is 20.8 Å². The maximum absolute atomic E-state index is 5.60. The summed E-state index contributed by atoms with van der Waals surface area (Å²) >= 11 is 0. The molecule has 0 spiro atoms. The lowest BCUT2D eigenvalue weighted by Crippen LogP contribution is -2.45. The van der Waals surface area contributed by atoms with E-state index in [4.69, 9.17) is 9.47 Å². The molecule has 1 saturated heterocycles. The number of ether oxygens (including phenoxy) is 2. The van der Waals surface area contributed by atoms with E-state index >= 15 is 0 Å². The molecule has 1 saturated carbocycles. The summed E-state index contributed by atoms with van der Waals surface area (Å²) in [5.74, 6) is 3.33. The van der Waals surface area contributed by atoms with Crippen molar-refractivity contribution in [3.05, 3.63) is 59.7 Å². The van der Waals surface area contributed by atoms with Crippen LogP contribution in [0.25, 0.3) is 0 Å². The highest BCUT2D eigenvalue weighted by Gasteiger charge is 2.40. The lowest BCUT2D eigenvalue weighted by molar-refractivity contribution is 0.257. The van der Waals surface area contributed by atoms with Gasteiger partial charge < -0.3 is 20.1 Å². The second-order valence-corrected chi connectivity index (χ2v) is 8.07. The van der Waals surface area contributed by atoms with E-state index in [9.17, 15) is 0 Å². The Hall–Kier alpha value is -2.04. The van der Waals surface area contributed by atoms with Gasteiger partial charge in [-0.15, -0.1) is 0 Å². The predicted molar refractivity (Wildman–Crippen MR) is 113 cm³/mol. The fraction of sp³-hybridized carbons (Fsp3) is 0.500. The van der Waals surface area contributed by atoms with Gasteiger partial charge in [0.05, 0.1) is 14.2 Å². The van der Waals surface area contributed by atoms with Gasteiger partial charge in [-0.25, -0.2) is 0 Å². The molecule has 0 radical (unpaired) electrons. The first kappa shape index (κ1) is 19.3. The first-order chi connectivity index (χ1) is 13.8. The first-order valence-electron chi connectivity index (χ1n) is 10.5. The van der Waals surface area contributed by atoms with Gasteiger partial charge in [-0.2, -0.15) is 0 Å². The molecule has 1 aliphatic heterocycles. The summed E-state index contributed by atoms with van der Waals surface area (Å²) in [5, 5.41) is 7.77. The third kappa shape index (κ3) is 4.03. The molecule has 4 atom stereocenters. The van der Waals surface area contributed by atoms with Crippen molar-refractivity contribution < 1.29 is 9.47 Å². The van der Waals surface area contributed by atoms with Gasteiger partial charge in [-0.05, 0) is 55.0 Å². The summed E-state index contributed by atoms with van der Waals surface area (Å²) in [6, 6.07) is 17.7. The Morgan fingerprint density at radius 2 is 1.86 bits per heavy atom. The Kier molecular flexibility index (Phi) is 6.18. The average Bonchev–Trinajstić information content (AvgIpc) is 3.14. The Bertz CT molecular complexity index is 764. The molecule has 4 rings (SSSR count). The van der Waals surface area contributed by atoms with Gasteiger partial charge in [0.1, 0.15) is 11.5 Å². The molecule has 2 fully saturated rings. The zero-order valence-electron chi connectivity index (χ0n) is 17.0. The lowest BCUT2D eigenvalue weighted by Gasteiger charge is -2.33. The van der Waals surface area contributed by atoms with Crippen LogP contribution in [-0.4, -0.2) is 26.8 Å². The Balaban J connectivity index is 1.60. The number of methoxy groups -OCH3 is 2. The molecule has 150 valence electrons. The summed E-state index contributed by atoms with van der Waals surface area (Å²) in [6.07, 6.45) is 5.34. The van der Waals surface area contributed by atoms with Crippen molar-refractivity contribution in [2.45, 2.75) is 44.3 Å². The Morgan fingerprint density at radius 3 is 2.64 bits per heavy atom. The van der Waals surface area contributed by atoms with Crippen molar-refractivity contribution in [1.29, 1.82) is 0 Å². The van der Waals surface area contributed by atoms with Crippen molar-refractivity contribution >= 4 is 0 Å². The molecule has 2 aromatic carbocycles. The number of benzene rings is 2. The smallest absolute Gasteiger partial charge is 0.123 e. The van der Waals surface area contributed by atoms with Crippen molar-refractivity contribution in [3.8, 4) is 11.5 Å². The van der Waals surface area contributed by atoms with Crippen LogP contribution in [0.5, 0.6) is 11.5 Å². The van der Waals surface area contributed by atoms with E-state index in [1.807, 2.05) is 12.1 Å². The van der Waals surface area contributed by atoms with Crippen molar-refractivity contribution in [3.63, 3.8) is 0 Å². The first-order valence-corrected chi connectivity index (χ1v) is 10.5. The van der Waals surface area contributed by atoms with Crippen molar-refractivity contribution in [1.82, 2.24) is 10.6 Å². The number of fused-ring (bicyclic) bond motifs is 1. The summed E-state index contributed by atoms with van der Waals surface area (Å²) in [5.41, 5.74) is 2.53. The highest BCUT2D eigenvalue weighted by molar-refractivity contribution is 5.40. The molecule has 0 aromatic heterocycles. The lowest BCUT2D eigenvalue weighted by atomic mass is 9.83. The normalized spacial score (nSPS) is 27.1. The molecule has 4 nitrogen and oxygen atoms in total. The van der Waals surface area contributed by atoms with E-state index in [2.05, 4.69) is 47.0 Å². The zero-order valence-corrected chi connectivity index (χ0v) is 17.0. The molecule has 0 bridgehead atoms. The quantitative estimate of drug-likeness (QED) is 0.784. The van der Waals surface area contributed by atoms with Crippen LogP contribution in [0.4, 0.5) is 0 Å². The van der Waals surface area contributed by atoms with Gasteiger partial charge in [0.25, 0.3) is 0 Å². The molecule has 1 aliphatic carbocycles. The van der Waals surface area contributed by atoms with Crippen LogP contribution in [0.2, 0.25) is 0 Å². The minimum Gasteiger partial charge on any atom is -0.497 e. The molecular formula is C24H32N2O2. The van der Waals surface area contributed by atoms with Crippen LogP contribution in [0.3, 0.4) is 0 Å². The third-order valence-corrected chi connectivity index (χ3v) is 6.59. The average molecular weight is 381 g/mol. The molecule has 28 heavy (non-hydrogen) atoms. The maximum atomic E-state index is 5.60. The van der Waals surface area contributed by atoms with E-state index in [-0.39, 0.29) is 0 Å². The highest BCUT2D eigenvalue weighted by Crippen LogP contribution is 2.42. The van der Waals surface area contributed by atoms with Gasteiger partial charge in [-0.3, -0.25) is 0 Å². The molecule has 4 heteroatoms. The summed E-state index contributed by atoms with van der Waals surface area (Å²) in [7, 11) is 3.45. The molecule has 1 heterocycles. The number of rotatable bonds is 6. The van der Waals surface area contributed by atoms with Crippen LogP contribution in [0.1, 0.15) is 42.9 Å². The minimum absolute atomic E-state index is 0.339. The number of hydrogen-bond donors (Lipinski definition) is 2. The highest BCUT2D eigenvalue weighted by atomic mass is 16.5. The summed E-state index contributed by atoms with van der Waals surface area (Å²) < 4.78 is 11.0.